The number of fused-ring (bicyclic) bond motifs is 1. The smallest absolute Gasteiger partial charge is 0.0145 e. The van der Waals surface area contributed by atoms with Gasteiger partial charge in [0.1, 0.15) is 0 Å². The molecule has 2 heteroatoms. The zero-order valence-corrected chi connectivity index (χ0v) is 12.2. The quantitative estimate of drug-likeness (QED) is 0.882. The lowest BCUT2D eigenvalue weighted by Crippen LogP contribution is -2.55. The van der Waals surface area contributed by atoms with Gasteiger partial charge in [-0.25, -0.2) is 0 Å². The first-order valence-electron chi connectivity index (χ1n) is 8.46. The van der Waals surface area contributed by atoms with Crippen molar-refractivity contribution in [2.45, 2.75) is 62.6 Å². The molecule has 0 aromatic heterocycles. The molecule has 1 aromatic carbocycles. The summed E-state index contributed by atoms with van der Waals surface area (Å²) in [5.41, 5.74) is 1.53. The third-order valence-corrected chi connectivity index (χ3v) is 5.64. The summed E-state index contributed by atoms with van der Waals surface area (Å²) in [6, 6.07) is 13.3. The van der Waals surface area contributed by atoms with Crippen molar-refractivity contribution in [3.63, 3.8) is 0 Å². The fraction of sp³-hybridized carbons (Fsp3) is 0.667. The monoisotopic (exact) mass is 270 g/mol. The summed E-state index contributed by atoms with van der Waals surface area (Å²) >= 11 is 0. The molecule has 3 unspecified atom stereocenters. The summed E-state index contributed by atoms with van der Waals surface area (Å²) in [7, 11) is 0. The summed E-state index contributed by atoms with van der Waals surface area (Å²) in [5, 5.41) is 7.75. The average Bonchev–Trinajstić information content (AvgIpc) is 3.28. The van der Waals surface area contributed by atoms with E-state index in [9.17, 15) is 0 Å². The molecular weight excluding hydrogens is 244 g/mol. The van der Waals surface area contributed by atoms with Crippen LogP contribution in [0.15, 0.2) is 30.3 Å². The fourth-order valence-corrected chi connectivity index (χ4v) is 4.46. The molecule has 108 valence electrons. The lowest BCUT2D eigenvalue weighted by Gasteiger charge is -2.42. The van der Waals surface area contributed by atoms with E-state index in [4.69, 9.17) is 0 Å². The predicted molar refractivity (Wildman–Crippen MR) is 82.9 cm³/mol. The number of hydrogen-bond donors (Lipinski definition) is 2. The van der Waals surface area contributed by atoms with Gasteiger partial charge >= 0.3 is 0 Å². The van der Waals surface area contributed by atoms with Gasteiger partial charge in [-0.1, -0.05) is 43.2 Å². The topological polar surface area (TPSA) is 24.1 Å². The van der Waals surface area contributed by atoms with Gasteiger partial charge in [-0.05, 0) is 43.7 Å². The molecule has 1 aromatic rings. The molecule has 3 fully saturated rings. The molecule has 2 saturated carbocycles. The molecule has 20 heavy (non-hydrogen) atoms. The van der Waals surface area contributed by atoms with Crippen molar-refractivity contribution >= 4 is 0 Å². The van der Waals surface area contributed by atoms with Gasteiger partial charge < -0.3 is 10.6 Å². The summed E-state index contributed by atoms with van der Waals surface area (Å²) < 4.78 is 0. The van der Waals surface area contributed by atoms with Gasteiger partial charge in [-0.3, -0.25) is 0 Å². The van der Waals surface area contributed by atoms with Crippen LogP contribution in [0.5, 0.6) is 0 Å². The van der Waals surface area contributed by atoms with Crippen LogP contribution in [0.3, 0.4) is 0 Å². The molecule has 0 radical (unpaired) electrons. The second kappa shape index (κ2) is 5.50. The Hall–Kier alpha value is -0.860. The minimum absolute atomic E-state index is 0.739. The molecule has 5 atom stereocenters. The van der Waals surface area contributed by atoms with Crippen LogP contribution in [0.25, 0.3) is 0 Å². The maximum atomic E-state index is 4.00. The minimum atomic E-state index is 0.739. The van der Waals surface area contributed by atoms with Gasteiger partial charge in [0.15, 0.2) is 0 Å². The Labute approximate surface area is 122 Å². The SMILES string of the molecule is c1ccc([C@H]2C[C@@H]2NC2CCNC3CCCCC32)cc1. The lowest BCUT2D eigenvalue weighted by molar-refractivity contribution is 0.160. The van der Waals surface area contributed by atoms with Crippen molar-refractivity contribution in [1.82, 2.24) is 10.6 Å². The molecule has 3 aliphatic rings. The predicted octanol–water partition coefficient (Wildman–Crippen LogP) is 3.05. The Morgan fingerprint density at radius 3 is 2.70 bits per heavy atom. The van der Waals surface area contributed by atoms with Crippen molar-refractivity contribution in [2.75, 3.05) is 6.54 Å². The van der Waals surface area contributed by atoms with E-state index in [-0.39, 0.29) is 0 Å². The van der Waals surface area contributed by atoms with E-state index in [1.807, 2.05) is 0 Å². The highest BCUT2D eigenvalue weighted by molar-refractivity contribution is 5.27. The van der Waals surface area contributed by atoms with E-state index in [1.54, 1.807) is 0 Å². The maximum Gasteiger partial charge on any atom is 0.0145 e. The maximum absolute atomic E-state index is 4.00. The van der Waals surface area contributed by atoms with Crippen molar-refractivity contribution < 1.29 is 0 Å². The molecule has 0 bridgehead atoms. The second-order valence-corrected chi connectivity index (χ2v) is 6.93. The van der Waals surface area contributed by atoms with Crippen LogP contribution in [-0.2, 0) is 0 Å². The zero-order valence-electron chi connectivity index (χ0n) is 12.2. The van der Waals surface area contributed by atoms with Crippen LogP contribution >= 0.6 is 0 Å². The summed E-state index contributed by atoms with van der Waals surface area (Å²) in [6.45, 7) is 1.21. The lowest BCUT2D eigenvalue weighted by atomic mass is 9.76. The molecule has 2 N–H and O–H groups in total. The average molecular weight is 270 g/mol. The molecular formula is C18H26N2. The summed E-state index contributed by atoms with van der Waals surface area (Å²) in [4.78, 5) is 0. The Bertz CT molecular complexity index is 442. The van der Waals surface area contributed by atoms with Crippen LogP contribution in [0, 0.1) is 5.92 Å². The van der Waals surface area contributed by atoms with Gasteiger partial charge in [0.2, 0.25) is 0 Å². The number of benzene rings is 1. The molecule has 2 aliphatic carbocycles. The van der Waals surface area contributed by atoms with E-state index in [1.165, 1.54) is 50.6 Å². The van der Waals surface area contributed by atoms with E-state index < -0.39 is 0 Å². The molecule has 2 nitrogen and oxygen atoms in total. The van der Waals surface area contributed by atoms with E-state index >= 15 is 0 Å². The van der Waals surface area contributed by atoms with Gasteiger partial charge in [0.05, 0.1) is 0 Å². The number of hydrogen-bond acceptors (Lipinski definition) is 2. The van der Waals surface area contributed by atoms with Crippen LogP contribution in [0.1, 0.15) is 50.0 Å². The van der Waals surface area contributed by atoms with Crippen LogP contribution in [0.4, 0.5) is 0 Å². The van der Waals surface area contributed by atoms with E-state index in [0.29, 0.717) is 0 Å². The largest absolute Gasteiger partial charge is 0.314 e. The standard InChI is InChI=1S/C18H26N2/c1-2-6-13(7-3-1)15-12-18(15)20-17-10-11-19-16-9-5-4-8-14(16)17/h1-3,6-7,14-20H,4-5,8-12H2/t14?,15-,16?,17?,18+/m1/s1. The minimum Gasteiger partial charge on any atom is -0.314 e. The first kappa shape index (κ1) is 12.8. The van der Waals surface area contributed by atoms with Gasteiger partial charge in [0, 0.05) is 24.0 Å². The van der Waals surface area contributed by atoms with E-state index in [0.717, 1.165) is 30.0 Å². The highest BCUT2D eigenvalue weighted by Crippen LogP contribution is 2.42. The first-order valence-corrected chi connectivity index (χ1v) is 8.46. The Kier molecular flexibility index (Phi) is 3.53. The second-order valence-electron chi connectivity index (χ2n) is 6.93. The molecule has 1 heterocycles. The fourth-order valence-electron chi connectivity index (χ4n) is 4.46. The summed E-state index contributed by atoms with van der Waals surface area (Å²) in [5.74, 6) is 1.66. The van der Waals surface area contributed by atoms with Gasteiger partial charge in [-0.2, -0.15) is 0 Å². The zero-order chi connectivity index (χ0) is 13.4. The highest BCUT2D eigenvalue weighted by atomic mass is 15.1. The van der Waals surface area contributed by atoms with E-state index in [2.05, 4.69) is 41.0 Å². The molecule has 1 saturated heterocycles. The number of piperidine rings is 1. The van der Waals surface area contributed by atoms with Crippen molar-refractivity contribution in [1.29, 1.82) is 0 Å². The van der Waals surface area contributed by atoms with Crippen LogP contribution < -0.4 is 10.6 Å². The Morgan fingerprint density at radius 1 is 0.950 bits per heavy atom. The molecule has 1 aliphatic heterocycles. The molecule has 0 amide bonds. The third-order valence-electron chi connectivity index (χ3n) is 5.64. The Balaban J connectivity index is 1.38. The van der Waals surface area contributed by atoms with Crippen LogP contribution in [0.2, 0.25) is 0 Å². The third kappa shape index (κ3) is 2.51. The molecule has 4 rings (SSSR count). The van der Waals surface area contributed by atoms with Gasteiger partial charge in [-0.15, -0.1) is 0 Å². The Morgan fingerprint density at radius 2 is 1.80 bits per heavy atom. The number of nitrogens with one attached hydrogen (secondary N) is 2. The van der Waals surface area contributed by atoms with Crippen molar-refractivity contribution in [3.8, 4) is 0 Å². The molecule has 0 spiro atoms. The highest BCUT2D eigenvalue weighted by Gasteiger charge is 2.42. The van der Waals surface area contributed by atoms with Crippen LogP contribution in [-0.4, -0.2) is 24.7 Å². The number of rotatable bonds is 3. The van der Waals surface area contributed by atoms with Crippen molar-refractivity contribution in [3.05, 3.63) is 35.9 Å². The van der Waals surface area contributed by atoms with Crippen molar-refractivity contribution in [2.24, 2.45) is 5.92 Å². The normalized spacial score (nSPS) is 40.1. The first-order chi connectivity index (χ1) is 9.92. The van der Waals surface area contributed by atoms with Gasteiger partial charge in [0.25, 0.3) is 0 Å². The summed E-state index contributed by atoms with van der Waals surface area (Å²) in [6.07, 6.45) is 8.35.